The van der Waals surface area contributed by atoms with E-state index in [1.165, 1.54) is 42.5 Å². The third-order valence-electron chi connectivity index (χ3n) is 2.82. The summed E-state index contributed by atoms with van der Waals surface area (Å²) in [6.07, 6.45) is 1.37. The Morgan fingerprint density at radius 2 is 1.36 bits per heavy atom. The maximum atomic E-state index is 11.0. The van der Waals surface area contributed by atoms with E-state index in [0.29, 0.717) is 11.4 Å². The summed E-state index contributed by atoms with van der Waals surface area (Å²) >= 11 is 0. The van der Waals surface area contributed by atoms with Crippen LogP contribution in [0, 0.1) is 0 Å². The Kier molecular flexibility index (Phi) is 4.31. The fourth-order valence-electron chi connectivity index (χ4n) is 1.85. The second-order valence-electron chi connectivity index (χ2n) is 4.21. The number of hydrogen-bond acceptors (Lipinski definition) is 5. The molecule has 0 fully saturated rings. The molecule has 0 amide bonds. The SMILES string of the molecule is O=C=NN(c1cccc(C(=O)O)c1)c1cccc(C(=O)O)c1. The maximum Gasteiger partial charge on any atom is 0.335 e. The molecule has 0 saturated heterocycles. The van der Waals surface area contributed by atoms with Crippen LogP contribution in [-0.4, -0.2) is 28.2 Å². The lowest BCUT2D eigenvalue weighted by atomic mass is 10.1. The molecule has 2 aromatic rings. The van der Waals surface area contributed by atoms with Crippen LogP contribution < -0.4 is 5.01 Å². The molecule has 0 aliphatic carbocycles. The molecule has 0 radical (unpaired) electrons. The molecule has 2 N–H and O–H groups in total. The minimum Gasteiger partial charge on any atom is -0.478 e. The summed E-state index contributed by atoms with van der Waals surface area (Å²) in [5.74, 6) is -2.26. The molecule has 7 heteroatoms. The summed E-state index contributed by atoms with van der Waals surface area (Å²) in [4.78, 5) is 32.7. The van der Waals surface area contributed by atoms with E-state index >= 15 is 0 Å². The zero-order chi connectivity index (χ0) is 16.1. The number of benzene rings is 2. The van der Waals surface area contributed by atoms with Crippen molar-refractivity contribution in [2.75, 3.05) is 5.01 Å². The smallest absolute Gasteiger partial charge is 0.335 e. The summed E-state index contributed by atoms with van der Waals surface area (Å²) in [5, 5.41) is 22.6. The van der Waals surface area contributed by atoms with E-state index in [0.717, 1.165) is 5.01 Å². The van der Waals surface area contributed by atoms with Gasteiger partial charge in [0.05, 0.1) is 22.5 Å². The molecule has 0 aliphatic rings. The minimum atomic E-state index is -1.13. The number of isocyanates is 1. The first-order valence-corrected chi connectivity index (χ1v) is 6.07. The molecular weight excluding hydrogens is 288 g/mol. The number of carbonyl (C=O) groups excluding carboxylic acids is 1. The average molecular weight is 298 g/mol. The van der Waals surface area contributed by atoms with Gasteiger partial charge in [0.1, 0.15) is 0 Å². The first kappa shape index (κ1) is 15.0. The van der Waals surface area contributed by atoms with E-state index in [4.69, 9.17) is 10.2 Å². The van der Waals surface area contributed by atoms with Gasteiger partial charge in [-0.3, -0.25) is 0 Å². The molecule has 0 saturated carbocycles. The average Bonchev–Trinajstić information content (AvgIpc) is 2.52. The van der Waals surface area contributed by atoms with Crippen LogP contribution in [0.4, 0.5) is 11.4 Å². The first-order chi connectivity index (χ1) is 10.5. The van der Waals surface area contributed by atoms with Gasteiger partial charge in [-0.1, -0.05) is 17.2 Å². The molecule has 110 valence electrons. The maximum absolute atomic E-state index is 11.0. The van der Waals surface area contributed by atoms with Crippen LogP contribution in [0.5, 0.6) is 0 Å². The highest BCUT2D eigenvalue weighted by molar-refractivity contribution is 5.90. The number of carboxylic acids is 2. The van der Waals surface area contributed by atoms with Crippen molar-refractivity contribution in [2.24, 2.45) is 5.10 Å². The van der Waals surface area contributed by atoms with Crippen LogP contribution in [0.3, 0.4) is 0 Å². The lowest BCUT2D eigenvalue weighted by Crippen LogP contribution is -2.10. The van der Waals surface area contributed by atoms with Crippen LogP contribution in [-0.2, 0) is 4.79 Å². The van der Waals surface area contributed by atoms with E-state index in [1.54, 1.807) is 12.1 Å². The molecule has 0 unspecified atom stereocenters. The number of anilines is 2. The van der Waals surface area contributed by atoms with E-state index in [1.807, 2.05) is 0 Å². The monoisotopic (exact) mass is 298 g/mol. The lowest BCUT2D eigenvalue weighted by Gasteiger charge is -2.18. The van der Waals surface area contributed by atoms with Crippen molar-refractivity contribution >= 4 is 29.4 Å². The summed E-state index contributed by atoms with van der Waals surface area (Å²) < 4.78 is 0. The van der Waals surface area contributed by atoms with Gasteiger partial charge in [-0.2, -0.15) is 0 Å². The zero-order valence-electron chi connectivity index (χ0n) is 11.1. The van der Waals surface area contributed by atoms with Crippen molar-refractivity contribution < 1.29 is 24.6 Å². The molecule has 0 aliphatic heterocycles. The number of hydrogen-bond donors (Lipinski definition) is 2. The van der Waals surface area contributed by atoms with Crippen LogP contribution in [0.2, 0.25) is 0 Å². The Morgan fingerprint density at radius 1 is 0.909 bits per heavy atom. The van der Waals surface area contributed by atoms with E-state index < -0.39 is 11.9 Å². The van der Waals surface area contributed by atoms with Crippen LogP contribution >= 0.6 is 0 Å². The summed E-state index contributed by atoms with van der Waals surface area (Å²) in [6.45, 7) is 0. The highest BCUT2D eigenvalue weighted by atomic mass is 16.4. The van der Waals surface area contributed by atoms with E-state index in [9.17, 15) is 14.4 Å². The number of aromatic carboxylic acids is 2. The molecule has 0 bridgehead atoms. The molecule has 22 heavy (non-hydrogen) atoms. The van der Waals surface area contributed by atoms with Crippen molar-refractivity contribution in [3.05, 3.63) is 59.7 Å². The fraction of sp³-hybridized carbons (Fsp3) is 0. The van der Waals surface area contributed by atoms with Gasteiger partial charge in [0.15, 0.2) is 0 Å². The van der Waals surface area contributed by atoms with E-state index in [-0.39, 0.29) is 11.1 Å². The molecule has 2 rings (SSSR count). The van der Waals surface area contributed by atoms with Gasteiger partial charge in [0, 0.05) is 0 Å². The van der Waals surface area contributed by atoms with E-state index in [2.05, 4.69) is 5.10 Å². The van der Waals surface area contributed by atoms with Crippen molar-refractivity contribution in [3.63, 3.8) is 0 Å². The van der Waals surface area contributed by atoms with Gasteiger partial charge in [-0.15, -0.1) is 0 Å². The fourth-order valence-corrected chi connectivity index (χ4v) is 1.85. The number of rotatable bonds is 5. The zero-order valence-corrected chi connectivity index (χ0v) is 11.1. The summed E-state index contributed by atoms with van der Waals surface area (Å²) in [5.41, 5.74) is 0.618. The molecule has 0 aromatic heterocycles. The third kappa shape index (κ3) is 3.17. The Bertz CT molecular complexity index is 724. The Hall–Kier alpha value is -3.44. The topological polar surface area (TPSA) is 107 Å². The van der Waals surface area contributed by atoms with Gasteiger partial charge < -0.3 is 10.2 Å². The highest BCUT2D eigenvalue weighted by Gasteiger charge is 2.13. The third-order valence-corrected chi connectivity index (χ3v) is 2.82. The van der Waals surface area contributed by atoms with Gasteiger partial charge in [0.2, 0.25) is 0 Å². The van der Waals surface area contributed by atoms with Crippen molar-refractivity contribution in [1.29, 1.82) is 0 Å². The second-order valence-corrected chi connectivity index (χ2v) is 4.21. The lowest BCUT2D eigenvalue weighted by molar-refractivity contribution is 0.0686. The first-order valence-electron chi connectivity index (χ1n) is 6.07. The minimum absolute atomic E-state index is 0.0120. The predicted molar refractivity (Wildman–Crippen MR) is 77.1 cm³/mol. The second kappa shape index (κ2) is 6.34. The largest absolute Gasteiger partial charge is 0.478 e. The molecule has 0 heterocycles. The van der Waals surface area contributed by atoms with Crippen LogP contribution in [0.15, 0.2) is 53.6 Å². The van der Waals surface area contributed by atoms with Gasteiger partial charge in [-0.25, -0.2) is 19.4 Å². The van der Waals surface area contributed by atoms with Crippen LogP contribution in [0.1, 0.15) is 20.7 Å². The molecule has 2 aromatic carbocycles. The predicted octanol–water partition coefficient (Wildman–Crippen LogP) is 2.47. The van der Waals surface area contributed by atoms with Crippen LogP contribution in [0.25, 0.3) is 0 Å². The van der Waals surface area contributed by atoms with Crippen molar-refractivity contribution in [2.45, 2.75) is 0 Å². The Labute approximate surface area is 124 Å². The van der Waals surface area contributed by atoms with Crippen molar-refractivity contribution in [1.82, 2.24) is 0 Å². The molecular formula is C15H10N2O5. The standard InChI is InChI=1S/C15H10N2O5/c18-9-16-17(12-5-1-3-10(7-12)14(19)20)13-6-2-4-11(8-13)15(21)22/h1-8H,(H,19,20)(H,21,22). The number of carboxylic acid groups (broad SMARTS) is 2. The number of hydrazone groups is 1. The van der Waals surface area contributed by atoms with Crippen molar-refractivity contribution in [3.8, 4) is 0 Å². The molecule has 7 nitrogen and oxygen atoms in total. The number of carbonyl (C=O) groups is 2. The molecule has 0 atom stereocenters. The normalized spacial score (nSPS) is 9.64. The highest BCUT2D eigenvalue weighted by Crippen LogP contribution is 2.27. The Morgan fingerprint density at radius 3 is 1.73 bits per heavy atom. The van der Waals surface area contributed by atoms with Gasteiger partial charge in [-0.05, 0) is 36.4 Å². The Balaban J connectivity index is 2.53. The quantitative estimate of drug-likeness (QED) is 0.499. The summed E-state index contributed by atoms with van der Waals surface area (Å²) in [6, 6.07) is 11.5. The van der Waals surface area contributed by atoms with Gasteiger partial charge in [0.25, 0.3) is 6.08 Å². The van der Waals surface area contributed by atoms with Gasteiger partial charge >= 0.3 is 11.9 Å². The number of nitrogens with zero attached hydrogens (tertiary/aromatic N) is 2. The molecule has 0 spiro atoms. The summed E-state index contributed by atoms with van der Waals surface area (Å²) in [7, 11) is 0.